The Bertz CT molecular complexity index is 3010. The van der Waals surface area contributed by atoms with Crippen LogP contribution >= 0.6 is 26.0 Å². The summed E-state index contributed by atoms with van der Waals surface area (Å²) in [6.45, 7) is -1.57. The molecule has 10 atom stereocenters. The number of alkyl halides is 2. The summed E-state index contributed by atoms with van der Waals surface area (Å²) in [7, 11) is -5.25. The number of benzene rings is 2. The standard InChI is InChI=1S/C48H58F2N8O15P2S/c1-2-3-12-36(59)52-22-10-8-6-4-5-7-9-11-24-66-32-19-15-31(16-20-32)47(61)69-33-17-13-30(14-18-33)27-76-75(65)68-26-35-41(38(49)46(71-35)58-29-55-40-43(51)53-28-54-44(40)58)72-74(63,64)67-25-34-42(73-75)39(50)45(70-34)57-23-21-37(60)56-48(57)62/h2,13-21,23,28-29,34-35,38-39,41-42,45-46H,1,3-12,22,24-27H2,(H,52,59)(H,63,64)(H2,51,53,54)(H,56,60,62)/t34-,35-,38-,39-,41-,42-,45-,46-,75?/m1/s1. The minimum absolute atomic E-state index is 0.0193. The summed E-state index contributed by atoms with van der Waals surface area (Å²) in [6, 6.07) is 13.6. The van der Waals surface area contributed by atoms with E-state index < -0.39 is 94.3 Å². The molecule has 23 nitrogen and oxygen atoms in total. The number of nitrogens with one attached hydrogen (secondary N) is 2. The van der Waals surface area contributed by atoms with Crippen LogP contribution in [0, 0.1) is 0 Å². The fourth-order valence-electron chi connectivity index (χ4n) is 8.49. The largest absolute Gasteiger partial charge is 0.494 e. The average molecular weight is 1120 g/mol. The van der Waals surface area contributed by atoms with Crippen molar-refractivity contribution in [3.63, 3.8) is 0 Å². The number of phosphoric ester groups is 1. The van der Waals surface area contributed by atoms with Crippen LogP contribution in [0.5, 0.6) is 11.5 Å². The molecule has 3 aromatic heterocycles. The second-order valence-electron chi connectivity index (χ2n) is 18.0. The molecule has 2 unspecified atom stereocenters. The van der Waals surface area contributed by atoms with Crippen molar-refractivity contribution in [1.82, 2.24) is 34.4 Å². The second kappa shape index (κ2) is 26.1. The van der Waals surface area contributed by atoms with Crippen molar-refractivity contribution in [1.29, 1.82) is 0 Å². The lowest BCUT2D eigenvalue weighted by molar-refractivity contribution is -0.121. The number of esters is 1. The second-order valence-corrected chi connectivity index (χ2v) is 23.4. The summed E-state index contributed by atoms with van der Waals surface area (Å²) in [5, 5.41) is 2.93. The highest BCUT2D eigenvalue weighted by atomic mass is 32.7. The first-order valence-corrected chi connectivity index (χ1v) is 29.2. The number of H-pyrrole nitrogens is 1. The molecule has 3 aliphatic heterocycles. The van der Waals surface area contributed by atoms with Gasteiger partial charge in [-0.3, -0.25) is 41.8 Å². The highest BCUT2D eigenvalue weighted by Crippen LogP contribution is 2.65. The molecule has 0 bridgehead atoms. The Labute approximate surface area is 438 Å². The van der Waals surface area contributed by atoms with Crippen molar-refractivity contribution >= 4 is 54.9 Å². The molecule has 0 radical (unpaired) electrons. The van der Waals surface area contributed by atoms with E-state index in [0.717, 1.165) is 74.5 Å². The molecule has 5 N–H and O–H groups in total. The first-order chi connectivity index (χ1) is 36.6. The Kier molecular flexibility index (Phi) is 19.4. The van der Waals surface area contributed by atoms with Crippen molar-refractivity contribution in [3.8, 4) is 11.5 Å². The third-order valence-corrected chi connectivity index (χ3v) is 17.1. The fourth-order valence-corrected chi connectivity index (χ4v) is 12.8. The van der Waals surface area contributed by atoms with Crippen LogP contribution in [0.25, 0.3) is 11.2 Å². The molecule has 28 heteroatoms. The first kappa shape index (κ1) is 56.5. The van der Waals surface area contributed by atoms with Crippen LogP contribution in [0.15, 0.2) is 95.7 Å². The number of ether oxygens (including phenoxy) is 4. The van der Waals surface area contributed by atoms with Gasteiger partial charge in [0.05, 0.1) is 31.7 Å². The van der Waals surface area contributed by atoms with E-state index in [1.165, 1.54) is 18.5 Å². The fraction of sp³-hybridized carbons (Fsp3) is 0.479. The number of aromatic amines is 1. The van der Waals surface area contributed by atoms with Gasteiger partial charge < -0.3 is 34.9 Å². The maximum atomic E-state index is 16.5. The zero-order valence-electron chi connectivity index (χ0n) is 41.0. The van der Waals surface area contributed by atoms with Crippen LogP contribution in [-0.4, -0.2) is 109 Å². The number of rotatable bonds is 22. The van der Waals surface area contributed by atoms with Crippen LogP contribution in [0.3, 0.4) is 0 Å². The van der Waals surface area contributed by atoms with Crippen molar-refractivity contribution in [2.45, 2.75) is 119 Å². The van der Waals surface area contributed by atoms with Gasteiger partial charge in [-0.1, -0.05) is 56.7 Å². The van der Waals surface area contributed by atoms with Gasteiger partial charge >= 0.3 is 26.3 Å². The number of carbonyl (C=O) groups excluding carboxylic acids is 2. The molecule has 5 aromatic rings. The van der Waals surface area contributed by atoms with Gasteiger partial charge in [0.15, 0.2) is 36.3 Å². The summed E-state index contributed by atoms with van der Waals surface area (Å²) in [4.78, 5) is 74.2. The van der Waals surface area contributed by atoms with E-state index in [4.69, 9.17) is 42.8 Å². The van der Waals surface area contributed by atoms with Gasteiger partial charge in [0.25, 0.3) is 5.56 Å². The van der Waals surface area contributed by atoms with Crippen LogP contribution in [0.1, 0.15) is 92.6 Å². The number of amides is 1. The van der Waals surface area contributed by atoms with Gasteiger partial charge in [-0.25, -0.2) is 42.5 Å². The Hall–Kier alpha value is -5.66. The van der Waals surface area contributed by atoms with E-state index in [2.05, 4.69) is 26.8 Å². The predicted molar refractivity (Wildman–Crippen MR) is 272 cm³/mol. The number of allylic oxidation sites excluding steroid dienone is 1. The number of hydrogen-bond acceptors (Lipinski definition) is 19. The van der Waals surface area contributed by atoms with Crippen LogP contribution in [-0.2, 0) is 47.2 Å². The summed E-state index contributed by atoms with van der Waals surface area (Å²) >= 11 is 0.588. The minimum Gasteiger partial charge on any atom is -0.494 e. The van der Waals surface area contributed by atoms with Crippen LogP contribution in [0.2, 0.25) is 0 Å². The zero-order valence-corrected chi connectivity index (χ0v) is 43.6. The first-order valence-electron chi connectivity index (χ1n) is 24.6. The number of anilines is 1. The molecule has 76 heavy (non-hydrogen) atoms. The average Bonchev–Trinajstić information content (AvgIpc) is 4.06. The number of fused-ring (bicyclic) bond motifs is 3. The van der Waals surface area contributed by atoms with E-state index in [1.807, 2.05) is 4.98 Å². The predicted octanol–water partition coefficient (Wildman–Crippen LogP) is 7.19. The smallest absolute Gasteiger partial charge is 0.472 e. The molecular weight excluding hydrogens is 1060 g/mol. The molecule has 1 amide bonds. The van der Waals surface area contributed by atoms with E-state index in [9.17, 15) is 33.2 Å². The number of imidazole rings is 1. The summed E-state index contributed by atoms with van der Waals surface area (Å²) in [5.41, 5.74) is 5.00. The molecule has 3 aliphatic rings. The van der Waals surface area contributed by atoms with Crippen LogP contribution < -0.4 is 31.8 Å². The molecule has 2 aromatic carbocycles. The molecule has 0 saturated carbocycles. The van der Waals surface area contributed by atoms with Gasteiger partial charge in [0.1, 0.15) is 47.8 Å². The summed E-state index contributed by atoms with van der Waals surface area (Å²) in [6.07, 6.45) is -0.424. The highest BCUT2D eigenvalue weighted by Gasteiger charge is 2.55. The number of hydrogen-bond donors (Lipinski definition) is 4. The summed E-state index contributed by atoms with van der Waals surface area (Å²) in [5.74, 6) is 0.0837. The Morgan fingerprint density at radius 3 is 2.20 bits per heavy atom. The lowest BCUT2D eigenvalue weighted by Gasteiger charge is -2.29. The number of nitrogens with two attached hydrogens (primary N) is 1. The van der Waals surface area contributed by atoms with E-state index in [0.29, 0.717) is 53.3 Å². The quantitative estimate of drug-likeness (QED) is 0.0175. The maximum absolute atomic E-state index is 16.5. The van der Waals surface area contributed by atoms with Gasteiger partial charge in [-0.15, -0.1) is 6.58 Å². The Balaban J connectivity index is 0.867. The molecule has 410 valence electrons. The minimum atomic E-state index is -5.25. The SMILES string of the molecule is C=CCCC(=O)NCCCCCCCCCCOc1ccc(C(=O)Oc2ccc(CSP3(=O)OC[C@H]4O[C@@H](n5cnc6c(N)ncnc65)[C@H](F)[C@@H]4OP(=O)(O)OC[C@H]4O[C@@H](n5ccc(=O)[nH]c5=O)[C@H](F)[C@@H]4O3)cc2)cc1. The van der Waals surface area contributed by atoms with Gasteiger partial charge in [0, 0.05) is 31.0 Å². The molecular formula is C48H58F2N8O15P2S. The molecule has 3 fully saturated rings. The zero-order chi connectivity index (χ0) is 53.8. The van der Waals surface area contributed by atoms with E-state index in [1.54, 1.807) is 42.5 Å². The molecule has 0 aliphatic carbocycles. The normalized spacial score (nSPS) is 26.7. The van der Waals surface area contributed by atoms with Gasteiger partial charge in [-0.2, -0.15) is 0 Å². The third-order valence-electron chi connectivity index (χ3n) is 12.5. The number of carbonyl (C=O) groups is 2. The van der Waals surface area contributed by atoms with E-state index in [-0.39, 0.29) is 40.0 Å². The lowest BCUT2D eigenvalue weighted by Crippen LogP contribution is -2.38. The maximum Gasteiger partial charge on any atom is 0.472 e. The Morgan fingerprint density at radius 2 is 1.50 bits per heavy atom. The van der Waals surface area contributed by atoms with Crippen molar-refractivity contribution < 1.29 is 69.4 Å². The number of aromatic nitrogens is 6. The molecule has 6 heterocycles. The highest BCUT2D eigenvalue weighted by molar-refractivity contribution is 8.54. The van der Waals surface area contributed by atoms with Crippen molar-refractivity contribution in [2.24, 2.45) is 0 Å². The van der Waals surface area contributed by atoms with Gasteiger partial charge in [0.2, 0.25) is 5.91 Å². The third kappa shape index (κ3) is 14.7. The molecule has 3 saturated heterocycles. The van der Waals surface area contributed by atoms with Crippen molar-refractivity contribution in [2.75, 3.05) is 32.1 Å². The van der Waals surface area contributed by atoms with Crippen LogP contribution in [0.4, 0.5) is 14.6 Å². The number of phosphoric acid groups is 1. The lowest BCUT2D eigenvalue weighted by atomic mass is 10.1. The number of nitrogen functional groups attached to an aromatic ring is 1. The molecule has 8 rings (SSSR count). The molecule has 0 spiro atoms. The number of unbranched alkanes of at least 4 members (excludes halogenated alkanes) is 7. The van der Waals surface area contributed by atoms with Gasteiger partial charge in [-0.05, 0) is 72.6 Å². The topological polar surface area (TPSA) is 299 Å². The number of halogens is 2. The Morgan fingerprint density at radius 1 is 0.855 bits per heavy atom. The van der Waals surface area contributed by atoms with Crippen molar-refractivity contribution in [3.05, 3.63) is 118 Å². The number of nitrogens with zero attached hydrogens (tertiary/aromatic N) is 5. The monoisotopic (exact) mass is 1120 g/mol. The van der Waals surface area contributed by atoms with E-state index >= 15 is 8.78 Å². The summed E-state index contributed by atoms with van der Waals surface area (Å²) < 4.78 is 109.